The molecule has 0 aromatic heterocycles. The summed E-state index contributed by atoms with van der Waals surface area (Å²) in [6.07, 6.45) is 1.22. The van der Waals surface area contributed by atoms with Crippen LogP contribution >= 0.6 is 23.2 Å². The van der Waals surface area contributed by atoms with Gasteiger partial charge in [0.25, 0.3) is 0 Å². The maximum atomic E-state index is 5.99. The Hall–Kier alpha value is -0.440. The number of ether oxygens (including phenoxy) is 1. The van der Waals surface area contributed by atoms with E-state index >= 15 is 0 Å². The number of nitrogens with one attached hydrogen (secondary N) is 1. The molecule has 0 amide bonds. The molecule has 1 N–H and O–H groups in total. The van der Waals surface area contributed by atoms with Crippen molar-refractivity contribution >= 4 is 23.2 Å². The van der Waals surface area contributed by atoms with Gasteiger partial charge >= 0.3 is 0 Å². The standard InChI is InChI=1S/C14H19Cl2NO/c1-4-17-12-8-13(14(12,2)3)18-11-6-9(15)5-10(16)7-11/h5-7,12-13,17H,4,8H2,1-3H3. The summed E-state index contributed by atoms with van der Waals surface area (Å²) in [5.41, 5.74) is 0.130. The summed E-state index contributed by atoms with van der Waals surface area (Å²) in [6, 6.07) is 5.85. The van der Waals surface area contributed by atoms with E-state index in [4.69, 9.17) is 27.9 Å². The van der Waals surface area contributed by atoms with Crippen LogP contribution in [0, 0.1) is 5.41 Å². The molecule has 100 valence electrons. The van der Waals surface area contributed by atoms with E-state index in [2.05, 4.69) is 26.1 Å². The molecule has 1 aliphatic carbocycles. The van der Waals surface area contributed by atoms with Crippen LogP contribution in [0.4, 0.5) is 0 Å². The van der Waals surface area contributed by atoms with Gasteiger partial charge in [0.15, 0.2) is 0 Å². The van der Waals surface area contributed by atoms with Crippen LogP contribution in [0.2, 0.25) is 10.0 Å². The number of hydrogen-bond donors (Lipinski definition) is 1. The molecule has 0 heterocycles. The Kier molecular flexibility index (Phi) is 4.10. The van der Waals surface area contributed by atoms with E-state index in [0.29, 0.717) is 16.1 Å². The Balaban J connectivity index is 2.03. The van der Waals surface area contributed by atoms with Gasteiger partial charge in [0, 0.05) is 27.9 Å². The van der Waals surface area contributed by atoms with Gasteiger partial charge in [-0.25, -0.2) is 0 Å². The van der Waals surface area contributed by atoms with Crippen LogP contribution in [0.5, 0.6) is 5.75 Å². The molecular weight excluding hydrogens is 269 g/mol. The normalized spacial score (nSPS) is 25.6. The third-order valence-corrected chi connectivity index (χ3v) is 4.18. The second kappa shape index (κ2) is 5.28. The van der Waals surface area contributed by atoms with Crippen molar-refractivity contribution < 1.29 is 4.74 Å². The highest BCUT2D eigenvalue weighted by Crippen LogP contribution is 2.43. The number of rotatable bonds is 4. The number of halogens is 2. The molecule has 2 unspecified atom stereocenters. The first kappa shape index (κ1) is 14.0. The Morgan fingerprint density at radius 1 is 1.28 bits per heavy atom. The highest BCUT2D eigenvalue weighted by Gasteiger charge is 2.49. The maximum absolute atomic E-state index is 5.99. The summed E-state index contributed by atoms with van der Waals surface area (Å²) in [4.78, 5) is 0. The van der Waals surface area contributed by atoms with Crippen molar-refractivity contribution in [2.45, 2.75) is 39.3 Å². The summed E-state index contributed by atoms with van der Waals surface area (Å²) in [5, 5.41) is 4.70. The van der Waals surface area contributed by atoms with Crippen LogP contribution in [0.3, 0.4) is 0 Å². The smallest absolute Gasteiger partial charge is 0.122 e. The SMILES string of the molecule is CCNC1CC(Oc2cc(Cl)cc(Cl)c2)C1(C)C. The lowest BCUT2D eigenvalue weighted by Gasteiger charge is -2.51. The summed E-state index contributed by atoms with van der Waals surface area (Å²) < 4.78 is 5.99. The molecule has 2 atom stereocenters. The number of hydrogen-bond acceptors (Lipinski definition) is 2. The lowest BCUT2D eigenvalue weighted by Crippen LogP contribution is -2.62. The van der Waals surface area contributed by atoms with Crippen molar-refractivity contribution in [1.29, 1.82) is 0 Å². The Labute approximate surface area is 119 Å². The molecule has 1 aromatic rings. The van der Waals surface area contributed by atoms with Crippen molar-refractivity contribution in [2.75, 3.05) is 6.54 Å². The maximum Gasteiger partial charge on any atom is 0.122 e. The van der Waals surface area contributed by atoms with E-state index in [1.165, 1.54) is 0 Å². The lowest BCUT2D eigenvalue weighted by atomic mass is 9.64. The van der Waals surface area contributed by atoms with E-state index in [1.54, 1.807) is 6.07 Å². The van der Waals surface area contributed by atoms with E-state index < -0.39 is 0 Å². The van der Waals surface area contributed by atoms with Gasteiger partial charge < -0.3 is 10.1 Å². The monoisotopic (exact) mass is 287 g/mol. The van der Waals surface area contributed by atoms with Crippen LogP contribution in [-0.2, 0) is 0 Å². The minimum absolute atomic E-state index is 0.130. The second-order valence-electron chi connectivity index (χ2n) is 5.38. The largest absolute Gasteiger partial charge is 0.490 e. The average molecular weight is 288 g/mol. The molecule has 1 fully saturated rings. The van der Waals surface area contributed by atoms with Crippen LogP contribution in [-0.4, -0.2) is 18.7 Å². The highest BCUT2D eigenvalue weighted by atomic mass is 35.5. The third-order valence-electron chi connectivity index (χ3n) is 3.74. The zero-order valence-electron chi connectivity index (χ0n) is 11.0. The van der Waals surface area contributed by atoms with E-state index in [0.717, 1.165) is 18.7 Å². The minimum atomic E-state index is 0.130. The van der Waals surface area contributed by atoms with Crippen molar-refractivity contribution in [1.82, 2.24) is 5.32 Å². The van der Waals surface area contributed by atoms with Gasteiger partial charge in [-0.3, -0.25) is 0 Å². The Morgan fingerprint density at radius 3 is 2.39 bits per heavy atom. The molecule has 0 saturated heterocycles. The fourth-order valence-corrected chi connectivity index (χ4v) is 2.95. The van der Waals surface area contributed by atoms with E-state index in [9.17, 15) is 0 Å². The molecule has 18 heavy (non-hydrogen) atoms. The molecular formula is C14H19Cl2NO. The zero-order valence-corrected chi connectivity index (χ0v) is 12.5. The molecule has 1 aliphatic rings. The molecule has 0 spiro atoms. The van der Waals surface area contributed by atoms with Crippen molar-refractivity contribution in [3.05, 3.63) is 28.2 Å². The van der Waals surface area contributed by atoms with Gasteiger partial charge in [0.05, 0.1) is 0 Å². The van der Waals surface area contributed by atoms with Gasteiger partial charge in [0.1, 0.15) is 11.9 Å². The first-order chi connectivity index (χ1) is 8.43. The van der Waals surface area contributed by atoms with Gasteiger partial charge in [-0.15, -0.1) is 0 Å². The highest BCUT2D eigenvalue weighted by molar-refractivity contribution is 6.34. The van der Waals surface area contributed by atoms with Gasteiger partial charge in [0.2, 0.25) is 0 Å². The van der Waals surface area contributed by atoms with Crippen LogP contribution in [0.25, 0.3) is 0 Å². The van der Waals surface area contributed by atoms with Crippen LogP contribution in [0.1, 0.15) is 27.2 Å². The summed E-state index contributed by atoms with van der Waals surface area (Å²) in [6.45, 7) is 7.56. The quantitative estimate of drug-likeness (QED) is 0.898. The van der Waals surface area contributed by atoms with E-state index in [-0.39, 0.29) is 11.5 Å². The zero-order chi connectivity index (χ0) is 13.3. The fraction of sp³-hybridized carbons (Fsp3) is 0.571. The summed E-state index contributed by atoms with van der Waals surface area (Å²) in [5.74, 6) is 0.750. The van der Waals surface area contributed by atoms with Gasteiger partial charge in [-0.2, -0.15) is 0 Å². The van der Waals surface area contributed by atoms with Gasteiger partial charge in [-0.1, -0.05) is 44.0 Å². The molecule has 0 bridgehead atoms. The van der Waals surface area contributed by atoms with Crippen molar-refractivity contribution in [2.24, 2.45) is 5.41 Å². The first-order valence-electron chi connectivity index (χ1n) is 6.29. The topological polar surface area (TPSA) is 21.3 Å². The van der Waals surface area contributed by atoms with E-state index in [1.807, 2.05) is 12.1 Å². The average Bonchev–Trinajstić information content (AvgIpc) is 2.26. The number of benzene rings is 1. The molecule has 2 nitrogen and oxygen atoms in total. The molecule has 0 aliphatic heterocycles. The predicted octanol–water partition coefficient (Wildman–Crippen LogP) is 4.15. The lowest BCUT2D eigenvalue weighted by molar-refractivity contribution is -0.0541. The van der Waals surface area contributed by atoms with Gasteiger partial charge in [-0.05, 0) is 24.7 Å². The fourth-order valence-electron chi connectivity index (χ4n) is 2.44. The molecule has 4 heteroatoms. The first-order valence-corrected chi connectivity index (χ1v) is 7.05. The second-order valence-corrected chi connectivity index (χ2v) is 6.25. The van der Waals surface area contributed by atoms with Crippen molar-refractivity contribution in [3.63, 3.8) is 0 Å². The Morgan fingerprint density at radius 2 is 1.89 bits per heavy atom. The molecule has 1 saturated carbocycles. The molecule has 1 aromatic carbocycles. The Bertz CT molecular complexity index is 414. The van der Waals surface area contributed by atoms with Crippen molar-refractivity contribution in [3.8, 4) is 5.75 Å². The van der Waals surface area contributed by atoms with Crippen LogP contribution in [0.15, 0.2) is 18.2 Å². The molecule has 0 radical (unpaired) electrons. The minimum Gasteiger partial charge on any atom is -0.490 e. The van der Waals surface area contributed by atoms with Crippen LogP contribution < -0.4 is 10.1 Å². The summed E-state index contributed by atoms with van der Waals surface area (Å²) >= 11 is 11.9. The summed E-state index contributed by atoms with van der Waals surface area (Å²) in [7, 11) is 0. The predicted molar refractivity (Wildman–Crippen MR) is 76.7 cm³/mol. The third kappa shape index (κ3) is 2.76. The molecule has 2 rings (SSSR count).